The Labute approximate surface area is 187 Å². The van der Waals surface area contributed by atoms with E-state index in [1.165, 1.54) is 0 Å². The molecule has 1 unspecified atom stereocenters. The Kier molecular flexibility index (Phi) is 5.66. The van der Waals surface area contributed by atoms with Gasteiger partial charge < -0.3 is 20.3 Å². The fourth-order valence-corrected chi connectivity index (χ4v) is 4.93. The summed E-state index contributed by atoms with van der Waals surface area (Å²) in [5, 5.41) is 6.39. The number of nitrogens with one attached hydrogen (secondary N) is 2. The number of ether oxygens (including phenoxy) is 1. The van der Waals surface area contributed by atoms with E-state index in [-0.39, 0.29) is 24.0 Å². The van der Waals surface area contributed by atoms with Gasteiger partial charge >= 0.3 is 0 Å². The van der Waals surface area contributed by atoms with Crippen LogP contribution >= 0.6 is 0 Å². The van der Waals surface area contributed by atoms with Crippen LogP contribution in [0.3, 0.4) is 0 Å². The van der Waals surface area contributed by atoms with E-state index in [4.69, 9.17) is 4.74 Å². The number of benzene rings is 1. The molecule has 7 nitrogen and oxygen atoms in total. The molecule has 3 heterocycles. The van der Waals surface area contributed by atoms with Crippen LogP contribution in [0.1, 0.15) is 53.6 Å². The summed E-state index contributed by atoms with van der Waals surface area (Å²) in [6, 6.07) is 9.52. The molecule has 2 fully saturated rings. The normalized spacial score (nSPS) is 25.1. The average molecular weight is 433 g/mol. The molecular formula is C25H28N4O3. The van der Waals surface area contributed by atoms with E-state index in [1.54, 1.807) is 11.1 Å². The molecular weight excluding hydrogens is 404 g/mol. The minimum absolute atomic E-state index is 0.0870. The molecule has 7 heteroatoms. The van der Waals surface area contributed by atoms with Crippen LogP contribution in [0.2, 0.25) is 0 Å². The number of rotatable bonds is 6. The second kappa shape index (κ2) is 8.74. The number of amides is 2. The number of carbonyl (C=O) groups excluding carboxylic acids is 2. The number of fused-ring (bicyclic) bond motifs is 1. The summed E-state index contributed by atoms with van der Waals surface area (Å²) >= 11 is 0. The highest BCUT2D eigenvalue weighted by molar-refractivity contribution is 6.01. The third-order valence-electron chi connectivity index (χ3n) is 6.64. The van der Waals surface area contributed by atoms with Gasteiger partial charge in [-0.05, 0) is 67.5 Å². The van der Waals surface area contributed by atoms with Crippen LogP contribution in [-0.2, 0) is 17.9 Å². The monoisotopic (exact) mass is 432 g/mol. The molecule has 166 valence electrons. The van der Waals surface area contributed by atoms with Gasteiger partial charge in [0.2, 0.25) is 5.91 Å². The third-order valence-corrected chi connectivity index (χ3v) is 6.64. The molecule has 2 amide bonds. The smallest absolute Gasteiger partial charge is 0.255 e. The van der Waals surface area contributed by atoms with E-state index in [0.29, 0.717) is 30.6 Å². The maximum Gasteiger partial charge on any atom is 0.255 e. The van der Waals surface area contributed by atoms with Crippen LogP contribution in [0, 0.1) is 0 Å². The highest BCUT2D eigenvalue weighted by atomic mass is 16.5. The Morgan fingerprint density at radius 1 is 1.22 bits per heavy atom. The second-order valence-corrected chi connectivity index (χ2v) is 8.84. The number of allylic oxidation sites excluding steroid dienone is 1. The van der Waals surface area contributed by atoms with Crippen molar-refractivity contribution in [1.82, 2.24) is 20.5 Å². The predicted octanol–water partition coefficient (Wildman–Crippen LogP) is 2.92. The minimum Gasteiger partial charge on any atom is -0.489 e. The standard InChI is InChI=1S/C25H28N4O3/c1-16-7-10-22(24(30)28-16)29-15-18-12-19(8-9-20(18)25(29)31)32-23-6-2-5-21(23)27-14-17-4-3-11-26-13-17/h3-4,8-9,11-13,21-23,27H,1-2,5-7,10,14-15H2,(H,28,30)/t21-,22?,23-/m1/s1. The lowest BCUT2D eigenvalue weighted by molar-refractivity contribution is -0.126. The highest BCUT2D eigenvalue weighted by Gasteiger charge is 2.38. The summed E-state index contributed by atoms with van der Waals surface area (Å²) in [6.45, 7) is 5.02. The molecule has 1 aliphatic carbocycles. The molecule has 0 bridgehead atoms. The molecule has 32 heavy (non-hydrogen) atoms. The molecule has 3 aliphatic rings. The quantitative estimate of drug-likeness (QED) is 0.733. The fourth-order valence-electron chi connectivity index (χ4n) is 4.93. The van der Waals surface area contributed by atoms with Crippen LogP contribution in [0.5, 0.6) is 5.75 Å². The average Bonchev–Trinajstić information content (AvgIpc) is 3.37. The van der Waals surface area contributed by atoms with Gasteiger partial charge in [0.15, 0.2) is 0 Å². The maximum atomic E-state index is 12.9. The van der Waals surface area contributed by atoms with E-state index < -0.39 is 6.04 Å². The van der Waals surface area contributed by atoms with Crippen molar-refractivity contribution in [3.05, 3.63) is 71.7 Å². The van der Waals surface area contributed by atoms with Crippen molar-refractivity contribution in [1.29, 1.82) is 0 Å². The van der Waals surface area contributed by atoms with Gasteiger partial charge in [0.05, 0.1) is 0 Å². The van der Waals surface area contributed by atoms with Crippen molar-refractivity contribution >= 4 is 11.8 Å². The lowest BCUT2D eigenvalue weighted by Crippen LogP contribution is -2.49. The molecule has 1 saturated carbocycles. The molecule has 2 N–H and O–H groups in total. The van der Waals surface area contributed by atoms with Gasteiger partial charge in [-0.2, -0.15) is 0 Å². The van der Waals surface area contributed by atoms with Gasteiger partial charge in [0.1, 0.15) is 17.9 Å². The summed E-state index contributed by atoms with van der Waals surface area (Å²) in [5.74, 6) is 0.545. The zero-order chi connectivity index (χ0) is 22.1. The first kappa shape index (κ1) is 20.7. The molecule has 1 aromatic heterocycles. The first-order chi connectivity index (χ1) is 15.6. The van der Waals surface area contributed by atoms with Crippen LogP contribution in [-0.4, -0.2) is 39.9 Å². The molecule has 0 radical (unpaired) electrons. The van der Waals surface area contributed by atoms with Crippen molar-refractivity contribution in [2.24, 2.45) is 0 Å². The second-order valence-electron chi connectivity index (χ2n) is 8.84. The topological polar surface area (TPSA) is 83.6 Å². The van der Waals surface area contributed by atoms with Crippen LogP contribution < -0.4 is 15.4 Å². The summed E-state index contributed by atoms with van der Waals surface area (Å²) in [6.07, 6.45) is 8.25. The lowest BCUT2D eigenvalue weighted by atomic mass is 10.0. The first-order valence-electron chi connectivity index (χ1n) is 11.3. The van der Waals surface area contributed by atoms with Crippen LogP contribution in [0.4, 0.5) is 0 Å². The molecule has 3 atom stereocenters. The van der Waals surface area contributed by atoms with Gasteiger partial charge in [-0.3, -0.25) is 14.6 Å². The number of aromatic nitrogens is 1. The third kappa shape index (κ3) is 4.12. The van der Waals surface area contributed by atoms with Gasteiger partial charge in [-0.1, -0.05) is 12.6 Å². The molecule has 2 aromatic rings. The SMILES string of the molecule is C=C1CCC(N2Cc3cc(O[C@@H]4CCC[C@H]4NCc4cccnc4)ccc3C2=O)C(=O)N1. The summed E-state index contributed by atoms with van der Waals surface area (Å²) in [7, 11) is 0. The van der Waals surface area contributed by atoms with Gasteiger partial charge in [-0.25, -0.2) is 0 Å². The Bertz CT molecular complexity index is 1040. The molecule has 1 aromatic carbocycles. The van der Waals surface area contributed by atoms with E-state index >= 15 is 0 Å². The predicted molar refractivity (Wildman–Crippen MR) is 120 cm³/mol. The number of nitrogens with zero attached hydrogens (tertiary/aromatic N) is 2. The zero-order valence-corrected chi connectivity index (χ0v) is 18.0. The first-order valence-corrected chi connectivity index (χ1v) is 11.3. The van der Waals surface area contributed by atoms with E-state index in [9.17, 15) is 9.59 Å². The van der Waals surface area contributed by atoms with E-state index in [0.717, 1.165) is 42.7 Å². The van der Waals surface area contributed by atoms with Gasteiger partial charge in [0.25, 0.3) is 5.91 Å². The van der Waals surface area contributed by atoms with Crippen LogP contribution in [0.25, 0.3) is 0 Å². The summed E-state index contributed by atoms with van der Waals surface area (Å²) < 4.78 is 6.35. The molecule has 1 saturated heterocycles. The largest absolute Gasteiger partial charge is 0.489 e. The number of hydrogen-bond donors (Lipinski definition) is 2. The molecule has 5 rings (SSSR count). The lowest BCUT2D eigenvalue weighted by Gasteiger charge is -2.30. The van der Waals surface area contributed by atoms with Crippen molar-refractivity contribution in [3.63, 3.8) is 0 Å². The van der Waals surface area contributed by atoms with Crippen molar-refractivity contribution < 1.29 is 14.3 Å². The maximum absolute atomic E-state index is 12.9. The fraction of sp³-hybridized carbons (Fsp3) is 0.400. The number of piperidine rings is 1. The zero-order valence-electron chi connectivity index (χ0n) is 18.0. The van der Waals surface area contributed by atoms with Crippen LogP contribution in [0.15, 0.2) is 55.0 Å². The molecule has 0 spiro atoms. The highest BCUT2D eigenvalue weighted by Crippen LogP contribution is 2.32. The van der Waals surface area contributed by atoms with Crippen molar-refractivity contribution in [2.75, 3.05) is 0 Å². The minimum atomic E-state index is -0.444. The van der Waals surface area contributed by atoms with Crippen molar-refractivity contribution in [3.8, 4) is 5.75 Å². The van der Waals surface area contributed by atoms with Crippen molar-refractivity contribution in [2.45, 2.75) is 63.4 Å². The van der Waals surface area contributed by atoms with Gasteiger partial charge in [0, 0.05) is 42.8 Å². The number of hydrogen-bond acceptors (Lipinski definition) is 5. The number of pyridine rings is 1. The summed E-state index contributed by atoms with van der Waals surface area (Å²) in [4.78, 5) is 31.1. The molecule has 2 aliphatic heterocycles. The Morgan fingerprint density at radius 3 is 2.94 bits per heavy atom. The Hall–Kier alpha value is -3.19. The Morgan fingerprint density at radius 2 is 2.12 bits per heavy atom. The van der Waals surface area contributed by atoms with Gasteiger partial charge in [-0.15, -0.1) is 0 Å². The number of carbonyl (C=O) groups is 2. The van der Waals surface area contributed by atoms with E-state index in [2.05, 4.69) is 28.3 Å². The van der Waals surface area contributed by atoms with E-state index in [1.807, 2.05) is 30.5 Å². The Balaban J connectivity index is 1.24. The summed E-state index contributed by atoms with van der Waals surface area (Å²) in [5.41, 5.74) is 3.45.